The molecule has 2 nitrogen and oxygen atoms in total. The lowest BCUT2D eigenvalue weighted by molar-refractivity contribution is -0.0860. The van der Waals surface area contributed by atoms with E-state index in [-0.39, 0.29) is 5.60 Å². The molecule has 3 aliphatic rings. The molecule has 2 heterocycles. The lowest BCUT2D eigenvalue weighted by Crippen LogP contribution is -2.47. The van der Waals surface area contributed by atoms with E-state index in [2.05, 4.69) is 18.7 Å². The minimum absolute atomic E-state index is 0.203. The van der Waals surface area contributed by atoms with Crippen molar-refractivity contribution in [3.63, 3.8) is 0 Å². The molecule has 0 aromatic heterocycles. The molecule has 4 atom stereocenters. The Morgan fingerprint density at radius 1 is 1.29 bits per heavy atom. The first-order chi connectivity index (χ1) is 8.20. The van der Waals surface area contributed by atoms with E-state index in [0.717, 1.165) is 18.4 Å². The predicted octanol–water partition coefficient (Wildman–Crippen LogP) is 2.66. The van der Waals surface area contributed by atoms with Gasteiger partial charge < -0.3 is 10.5 Å². The number of hydrogen-bond donors (Lipinski definition) is 1. The highest BCUT2D eigenvalue weighted by Crippen LogP contribution is 2.45. The summed E-state index contributed by atoms with van der Waals surface area (Å²) in [5.41, 5.74) is 6.72. The third-order valence-electron chi connectivity index (χ3n) is 5.12. The Bertz CT molecular complexity index is 273. The number of thioether (sulfide) groups is 1. The standard InChI is InChI=1S/C14H25NOS/c1-10(11-2-3-11)13(15)12-4-6-16-14(8-12)5-7-17-9-14/h10-13H,2-9,15H2,1H3. The minimum Gasteiger partial charge on any atom is -0.374 e. The summed E-state index contributed by atoms with van der Waals surface area (Å²) in [7, 11) is 0. The average Bonchev–Trinajstić information content (AvgIpc) is 3.11. The van der Waals surface area contributed by atoms with Crippen LogP contribution in [0.25, 0.3) is 0 Å². The van der Waals surface area contributed by atoms with Gasteiger partial charge in [-0.05, 0) is 55.6 Å². The van der Waals surface area contributed by atoms with Crippen LogP contribution in [0.4, 0.5) is 0 Å². The first kappa shape index (κ1) is 12.3. The van der Waals surface area contributed by atoms with Gasteiger partial charge in [-0.25, -0.2) is 0 Å². The third kappa shape index (κ3) is 2.52. The lowest BCUT2D eigenvalue weighted by atomic mass is 9.77. The quantitative estimate of drug-likeness (QED) is 0.842. The van der Waals surface area contributed by atoms with Crippen molar-refractivity contribution in [2.75, 3.05) is 18.1 Å². The summed E-state index contributed by atoms with van der Waals surface area (Å²) in [4.78, 5) is 0. The summed E-state index contributed by atoms with van der Waals surface area (Å²) in [6.45, 7) is 3.31. The molecule has 4 unspecified atom stereocenters. The Hall–Kier alpha value is 0.270. The Labute approximate surface area is 109 Å². The van der Waals surface area contributed by atoms with Gasteiger partial charge in [0.1, 0.15) is 0 Å². The van der Waals surface area contributed by atoms with Crippen LogP contribution in [0.1, 0.15) is 39.0 Å². The highest BCUT2D eigenvalue weighted by atomic mass is 32.2. The van der Waals surface area contributed by atoms with Crippen LogP contribution in [0.5, 0.6) is 0 Å². The molecule has 98 valence electrons. The van der Waals surface area contributed by atoms with Gasteiger partial charge in [0.25, 0.3) is 0 Å². The van der Waals surface area contributed by atoms with Crippen molar-refractivity contribution in [1.29, 1.82) is 0 Å². The molecule has 2 aliphatic heterocycles. The van der Waals surface area contributed by atoms with Crippen molar-refractivity contribution in [3.8, 4) is 0 Å². The van der Waals surface area contributed by atoms with Crippen molar-refractivity contribution in [1.82, 2.24) is 0 Å². The maximum atomic E-state index is 6.52. The van der Waals surface area contributed by atoms with Crippen molar-refractivity contribution in [2.24, 2.45) is 23.5 Å². The fourth-order valence-corrected chi connectivity index (χ4v) is 5.00. The largest absolute Gasteiger partial charge is 0.374 e. The molecule has 2 saturated heterocycles. The van der Waals surface area contributed by atoms with Crippen LogP contribution in [0, 0.1) is 17.8 Å². The molecule has 1 aliphatic carbocycles. The number of nitrogens with two attached hydrogens (primary N) is 1. The summed E-state index contributed by atoms with van der Waals surface area (Å²) in [6, 6.07) is 0.411. The first-order valence-corrected chi connectivity index (χ1v) is 8.33. The van der Waals surface area contributed by atoms with Crippen LogP contribution in [-0.4, -0.2) is 29.8 Å². The van der Waals surface area contributed by atoms with Gasteiger partial charge in [-0.3, -0.25) is 0 Å². The predicted molar refractivity (Wildman–Crippen MR) is 73.2 cm³/mol. The maximum Gasteiger partial charge on any atom is 0.0783 e. The Balaban J connectivity index is 1.62. The van der Waals surface area contributed by atoms with E-state index in [1.165, 1.54) is 43.6 Å². The van der Waals surface area contributed by atoms with Crippen molar-refractivity contribution >= 4 is 11.8 Å². The van der Waals surface area contributed by atoms with Crippen LogP contribution in [0.3, 0.4) is 0 Å². The summed E-state index contributed by atoms with van der Waals surface area (Å²) < 4.78 is 6.09. The van der Waals surface area contributed by atoms with E-state index in [1.54, 1.807) is 0 Å². The summed E-state index contributed by atoms with van der Waals surface area (Å²) in [5, 5.41) is 0. The van der Waals surface area contributed by atoms with Gasteiger partial charge in [-0.2, -0.15) is 11.8 Å². The minimum atomic E-state index is 0.203. The zero-order valence-electron chi connectivity index (χ0n) is 10.9. The average molecular weight is 255 g/mol. The fourth-order valence-electron chi connectivity index (χ4n) is 3.62. The summed E-state index contributed by atoms with van der Waals surface area (Å²) in [6.07, 6.45) is 6.49. The maximum absolute atomic E-state index is 6.52. The highest BCUT2D eigenvalue weighted by molar-refractivity contribution is 7.99. The fraction of sp³-hybridized carbons (Fsp3) is 1.00. The summed E-state index contributed by atoms with van der Waals surface area (Å²) >= 11 is 2.05. The highest BCUT2D eigenvalue weighted by Gasteiger charge is 2.44. The molecule has 1 saturated carbocycles. The van der Waals surface area contributed by atoms with Gasteiger partial charge in [0.2, 0.25) is 0 Å². The topological polar surface area (TPSA) is 35.2 Å². The van der Waals surface area contributed by atoms with Crippen LogP contribution in [0.15, 0.2) is 0 Å². The second-order valence-corrected chi connectivity index (χ2v) is 7.47. The Morgan fingerprint density at radius 2 is 2.12 bits per heavy atom. The number of hydrogen-bond acceptors (Lipinski definition) is 3. The molecule has 17 heavy (non-hydrogen) atoms. The van der Waals surface area contributed by atoms with Crippen LogP contribution in [0.2, 0.25) is 0 Å². The van der Waals surface area contributed by atoms with E-state index in [9.17, 15) is 0 Å². The van der Waals surface area contributed by atoms with Gasteiger partial charge in [0.15, 0.2) is 0 Å². The molecule has 0 aromatic rings. The van der Waals surface area contributed by atoms with E-state index in [1.807, 2.05) is 0 Å². The third-order valence-corrected chi connectivity index (χ3v) is 6.34. The molecule has 0 aromatic carbocycles. The molecule has 3 heteroatoms. The first-order valence-electron chi connectivity index (χ1n) is 7.17. The monoisotopic (exact) mass is 255 g/mol. The Kier molecular flexibility index (Phi) is 3.44. The van der Waals surface area contributed by atoms with Gasteiger partial charge in [-0.1, -0.05) is 6.92 Å². The van der Waals surface area contributed by atoms with Gasteiger partial charge in [0, 0.05) is 18.4 Å². The van der Waals surface area contributed by atoms with Gasteiger partial charge in [-0.15, -0.1) is 0 Å². The molecule has 1 spiro atoms. The molecular formula is C14H25NOS. The second-order valence-electron chi connectivity index (χ2n) is 6.36. The molecule has 3 fully saturated rings. The van der Waals surface area contributed by atoms with Crippen molar-refractivity contribution < 1.29 is 4.74 Å². The van der Waals surface area contributed by atoms with Crippen molar-refractivity contribution in [3.05, 3.63) is 0 Å². The van der Waals surface area contributed by atoms with E-state index in [4.69, 9.17) is 10.5 Å². The molecule has 0 radical (unpaired) electrons. The van der Waals surface area contributed by atoms with E-state index >= 15 is 0 Å². The Morgan fingerprint density at radius 3 is 2.76 bits per heavy atom. The van der Waals surface area contributed by atoms with Gasteiger partial charge in [0.05, 0.1) is 5.60 Å². The SMILES string of the molecule is CC(C1CC1)C(N)C1CCOC2(CCSC2)C1. The molecule has 2 N–H and O–H groups in total. The second kappa shape index (κ2) is 4.75. The van der Waals surface area contributed by atoms with Crippen LogP contribution < -0.4 is 5.73 Å². The molecule has 0 amide bonds. The zero-order chi connectivity index (χ0) is 11.9. The van der Waals surface area contributed by atoms with Crippen LogP contribution in [-0.2, 0) is 4.74 Å². The lowest BCUT2D eigenvalue weighted by Gasteiger charge is -2.41. The number of rotatable bonds is 3. The molecular weight excluding hydrogens is 230 g/mol. The normalized spacial score (nSPS) is 41.6. The van der Waals surface area contributed by atoms with Crippen LogP contribution >= 0.6 is 11.8 Å². The summed E-state index contributed by atoms with van der Waals surface area (Å²) in [5.74, 6) is 4.85. The van der Waals surface area contributed by atoms with Gasteiger partial charge >= 0.3 is 0 Å². The number of ether oxygens (including phenoxy) is 1. The molecule has 0 bridgehead atoms. The smallest absolute Gasteiger partial charge is 0.0783 e. The van der Waals surface area contributed by atoms with E-state index in [0.29, 0.717) is 12.0 Å². The van der Waals surface area contributed by atoms with E-state index < -0.39 is 0 Å². The zero-order valence-corrected chi connectivity index (χ0v) is 11.7. The van der Waals surface area contributed by atoms with Crippen molar-refractivity contribution in [2.45, 2.75) is 50.7 Å². The molecule has 3 rings (SSSR count).